The lowest BCUT2D eigenvalue weighted by atomic mass is 10.1. The van der Waals surface area contributed by atoms with E-state index in [1.54, 1.807) is 0 Å². The Hall–Kier alpha value is -1.92. The predicted octanol–water partition coefficient (Wildman–Crippen LogP) is 1.75. The van der Waals surface area contributed by atoms with Gasteiger partial charge in [-0.25, -0.2) is 0 Å². The highest BCUT2D eigenvalue weighted by molar-refractivity contribution is 5.55. The number of aromatic nitrogens is 2. The molecule has 2 N–H and O–H groups in total. The number of nitrogens with two attached hydrogens (primary N) is 1. The van der Waals surface area contributed by atoms with Crippen molar-refractivity contribution >= 4 is 0 Å². The second kappa shape index (κ2) is 6.02. The van der Waals surface area contributed by atoms with Crippen LogP contribution in [0.25, 0.3) is 11.4 Å². The fourth-order valence-electron chi connectivity index (χ4n) is 2.13. The molecule has 1 aliphatic rings. The summed E-state index contributed by atoms with van der Waals surface area (Å²) in [4.78, 5) is 4.18. The standard InChI is InChI=1S/C14H17N3O3/c15-8-13-16-14(17-20-13)10-3-5-11(6-4-10)19-12-2-1-7-18-9-12/h3-6,12H,1-2,7-9,15H2. The minimum Gasteiger partial charge on any atom is -0.488 e. The Bertz CT molecular complexity index is 547. The van der Waals surface area contributed by atoms with Gasteiger partial charge in [0.15, 0.2) is 0 Å². The quantitative estimate of drug-likeness (QED) is 0.915. The molecule has 1 atom stereocenters. The maximum absolute atomic E-state index is 5.86. The topological polar surface area (TPSA) is 83.4 Å². The summed E-state index contributed by atoms with van der Waals surface area (Å²) in [6, 6.07) is 7.62. The lowest BCUT2D eigenvalue weighted by molar-refractivity contribution is 0.00744. The van der Waals surface area contributed by atoms with Crippen molar-refractivity contribution in [1.82, 2.24) is 10.1 Å². The Kier molecular flexibility index (Phi) is 3.94. The minimum atomic E-state index is 0.142. The highest BCUT2D eigenvalue weighted by atomic mass is 16.5. The smallest absolute Gasteiger partial charge is 0.240 e. The van der Waals surface area contributed by atoms with E-state index in [1.807, 2.05) is 24.3 Å². The van der Waals surface area contributed by atoms with Gasteiger partial charge in [0, 0.05) is 12.2 Å². The third kappa shape index (κ3) is 2.97. The van der Waals surface area contributed by atoms with Crippen molar-refractivity contribution in [3.63, 3.8) is 0 Å². The van der Waals surface area contributed by atoms with Crippen LogP contribution in [0.3, 0.4) is 0 Å². The maximum Gasteiger partial charge on any atom is 0.240 e. The molecule has 6 nitrogen and oxygen atoms in total. The van der Waals surface area contributed by atoms with E-state index in [1.165, 1.54) is 0 Å². The van der Waals surface area contributed by atoms with Crippen LogP contribution in [-0.2, 0) is 11.3 Å². The predicted molar refractivity (Wildman–Crippen MR) is 72.1 cm³/mol. The lowest BCUT2D eigenvalue weighted by Gasteiger charge is -2.23. The first-order chi connectivity index (χ1) is 9.85. The molecular formula is C14H17N3O3. The molecule has 1 aliphatic heterocycles. The molecule has 1 unspecified atom stereocenters. The Balaban J connectivity index is 1.67. The van der Waals surface area contributed by atoms with Crippen molar-refractivity contribution in [1.29, 1.82) is 0 Å². The van der Waals surface area contributed by atoms with E-state index in [0.29, 0.717) is 18.3 Å². The second-order valence-electron chi connectivity index (χ2n) is 4.70. The Labute approximate surface area is 116 Å². The van der Waals surface area contributed by atoms with Gasteiger partial charge in [0.05, 0.1) is 13.2 Å². The van der Waals surface area contributed by atoms with Crippen LogP contribution >= 0.6 is 0 Å². The number of hydrogen-bond acceptors (Lipinski definition) is 6. The van der Waals surface area contributed by atoms with Crippen LogP contribution in [0.4, 0.5) is 0 Å². The monoisotopic (exact) mass is 275 g/mol. The van der Waals surface area contributed by atoms with Crippen molar-refractivity contribution in [2.75, 3.05) is 13.2 Å². The maximum atomic E-state index is 5.86. The summed E-state index contributed by atoms with van der Waals surface area (Å²) in [5, 5.41) is 3.88. The van der Waals surface area contributed by atoms with Gasteiger partial charge in [-0.05, 0) is 37.1 Å². The van der Waals surface area contributed by atoms with Crippen LogP contribution < -0.4 is 10.5 Å². The normalized spacial score (nSPS) is 18.9. The first-order valence-electron chi connectivity index (χ1n) is 6.72. The van der Waals surface area contributed by atoms with Gasteiger partial charge in [0.25, 0.3) is 0 Å². The summed E-state index contributed by atoms with van der Waals surface area (Å²) >= 11 is 0. The van der Waals surface area contributed by atoms with Crippen LogP contribution in [0.1, 0.15) is 18.7 Å². The molecule has 1 saturated heterocycles. The van der Waals surface area contributed by atoms with Gasteiger partial charge >= 0.3 is 0 Å². The molecule has 106 valence electrons. The zero-order chi connectivity index (χ0) is 13.8. The van der Waals surface area contributed by atoms with E-state index >= 15 is 0 Å². The van der Waals surface area contributed by atoms with Crippen molar-refractivity contribution in [2.45, 2.75) is 25.5 Å². The molecule has 0 aliphatic carbocycles. The van der Waals surface area contributed by atoms with E-state index in [0.717, 1.165) is 30.8 Å². The molecule has 6 heteroatoms. The van der Waals surface area contributed by atoms with Gasteiger partial charge in [-0.1, -0.05) is 5.16 Å². The molecular weight excluding hydrogens is 258 g/mol. The number of nitrogens with zero attached hydrogens (tertiary/aromatic N) is 2. The van der Waals surface area contributed by atoms with Gasteiger partial charge in [0.2, 0.25) is 11.7 Å². The Morgan fingerprint density at radius 2 is 2.15 bits per heavy atom. The van der Waals surface area contributed by atoms with Crippen molar-refractivity contribution in [3.8, 4) is 17.1 Å². The molecule has 1 aromatic carbocycles. The summed E-state index contributed by atoms with van der Waals surface area (Å²) in [6.45, 7) is 1.74. The highest BCUT2D eigenvalue weighted by Crippen LogP contribution is 2.22. The molecule has 20 heavy (non-hydrogen) atoms. The number of ether oxygens (including phenoxy) is 2. The van der Waals surface area contributed by atoms with Gasteiger partial charge in [-0.15, -0.1) is 0 Å². The van der Waals surface area contributed by atoms with Gasteiger partial charge < -0.3 is 19.7 Å². The molecule has 2 heterocycles. The molecule has 0 saturated carbocycles. The van der Waals surface area contributed by atoms with Crippen molar-refractivity contribution in [2.24, 2.45) is 5.73 Å². The number of benzene rings is 1. The average molecular weight is 275 g/mol. The SMILES string of the molecule is NCc1nc(-c2ccc(OC3CCCOC3)cc2)no1. The van der Waals surface area contributed by atoms with Gasteiger partial charge in [0.1, 0.15) is 11.9 Å². The minimum absolute atomic E-state index is 0.142. The van der Waals surface area contributed by atoms with Crippen molar-refractivity contribution in [3.05, 3.63) is 30.2 Å². The van der Waals surface area contributed by atoms with Crippen LogP contribution in [-0.4, -0.2) is 29.5 Å². The summed E-state index contributed by atoms with van der Waals surface area (Å²) in [5.74, 6) is 1.80. The van der Waals surface area contributed by atoms with Crippen LogP contribution in [0, 0.1) is 0 Å². The molecule has 1 aromatic heterocycles. The van der Waals surface area contributed by atoms with E-state index in [-0.39, 0.29) is 12.6 Å². The third-order valence-corrected chi connectivity index (χ3v) is 3.18. The zero-order valence-electron chi connectivity index (χ0n) is 11.1. The van der Waals surface area contributed by atoms with Gasteiger partial charge in [-0.3, -0.25) is 0 Å². The molecule has 0 radical (unpaired) electrons. The fraction of sp³-hybridized carbons (Fsp3) is 0.429. The fourth-order valence-corrected chi connectivity index (χ4v) is 2.13. The number of rotatable bonds is 4. The summed E-state index contributed by atoms with van der Waals surface area (Å²) in [6.07, 6.45) is 2.23. The van der Waals surface area contributed by atoms with Crippen LogP contribution in [0.15, 0.2) is 28.8 Å². The molecule has 3 rings (SSSR count). The van der Waals surface area contributed by atoms with E-state index < -0.39 is 0 Å². The molecule has 0 spiro atoms. The first kappa shape index (κ1) is 13.1. The van der Waals surface area contributed by atoms with E-state index in [9.17, 15) is 0 Å². The molecule has 2 aromatic rings. The van der Waals surface area contributed by atoms with E-state index in [4.69, 9.17) is 19.7 Å². The van der Waals surface area contributed by atoms with E-state index in [2.05, 4.69) is 10.1 Å². The first-order valence-corrected chi connectivity index (χ1v) is 6.72. The molecule has 1 fully saturated rings. The second-order valence-corrected chi connectivity index (χ2v) is 4.70. The largest absolute Gasteiger partial charge is 0.488 e. The lowest BCUT2D eigenvalue weighted by Crippen LogP contribution is -2.27. The Morgan fingerprint density at radius 1 is 1.30 bits per heavy atom. The zero-order valence-corrected chi connectivity index (χ0v) is 11.1. The highest BCUT2D eigenvalue weighted by Gasteiger charge is 2.15. The summed E-state index contributed by atoms with van der Waals surface area (Å²) in [5.41, 5.74) is 6.32. The number of hydrogen-bond donors (Lipinski definition) is 1. The Morgan fingerprint density at radius 3 is 2.80 bits per heavy atom. The molecule has 0 amide bonds. The van der Waals surface area contributed by atoms with Crippen LogP contribution in [0.2, 0.25) is 0 Å². The van der Waals surface area contributed by atoms with Crippen LogP contribution in [0.5, 0.6) is 5.75 Å². The van der Waals surface area contributed by atoms with Gasteiger partial charge in [-0.2, -0.15) is 4.98 Å². The summed E-state index contributed by atoms with van der Waals surface area (Å²) in [7, 11) is 0. The third-order valence-electron chi connectivity index (χ3n) is 3.18. The summed E-state index contributed by atoms with van der Waals surface area (Å²) < 4.78 is 16.2. The van der Waals surface area contributed by atoms with Crippen molar-refractivity contribution < 1.29 is 14.0 Å². The molecule has 0 bridgehead atoms. The average Bonchev–Trinajstić information content (AvgIpc) is 2.98.